The summed E-state index contributed by atoms with van der Waals surface area (Å²) >= 11 is 0. The molecule has 1 aromatic carbocycles. The molecule has 4 N–H and O–H groups in total. The highest BCUT2D eigenvalue weighted by Gasteiger charge is 2.48. The van der Waals surface area contributed by atoms with E-state index >= 15 is 0 Å². The SMILES string of the molecule is Cc1ccc(C(n2nc(CC(F)(F)F)c(C(N)=O)c2N)C2(C)CC2)cc1F. The second kappa shape index (κ2) is 6.24. The molecule has 1 aromatic heterocycles. The van der Waals surface area contributed by atoms with E-state index in [1.807, 2.05) is 6.92 Å². The molecule has 9 heteroatoms. The third kappa shape index (κ3) is 3.63. The van der Waals surface area contributed by atoms with Crippen LogP contribution in [0.3, 0.4) is 0 Å². The normalized spacial score (nSPS) is 17.0. The van der Waals surface area contributed by atoms with E-state index in [2.05, 4.69) is 5.10 Å². The maximum Gasteiger partial charge on any atom is 0.394 e. The van der Waals surface area contributed by atoms with Crippen molar-refractivity contribution in [2.45, 2.75) is 45.3 Å². The van der Waals surface area contributed by atoms with Crippen molar-refractivity contribution in [3.63, 3.8) is 0 Å². The number of amides is 1. The van der Waals surface area contributed by atoms with Crippen molar-refractivity contribution in [1.82, 2.24) is 9.78 Å². The van der Waals surface area contributed by atoms with Crippen LogP contribution in [0.4, 0.5) is 23.4 Å². The van der Waals surface area contributed by atoms with Crippen LogP contribution in [0.5, 0.6) is 0 Å². The number of hydrogen-bond donors (Lipinski definition) is 2. The van der Waals surface area contributed by atoms with Crippen LogP contribution in [0.15, 0.2) is 18.2 Å². The number of primary amides is 1. The molecule has 2 aromatic rings. The Morgan fingerprint density at radius 1 is 1.37 bits per heavy atom. The number of carbonyl (C=O) groups excluding carboxylic acids is 1. The number of nitrogens with zero attached hydrogens (tertiary/aromatic N) is 2. The Bertz CT molecular complexity index is 899. The van der Waals surface area contributed by atoms with Gasteiger partial charge in [-0.15, -0.1) is 0 Å². The summed E-state index contributed by atoms with van der Waals surface area (Å²) < 4.78 is 54.0. The molecule has 27 heavy (non-hydrogen) atoms. The smallest absolute Gasteiger partial charge is 0.383 e. The Balaban J connectivity index is 2.17. The van der Waals surface area contributed by atoms with Gasteiger partial charge < -0.3 is 11.5 Å². The van der Waals surface area contributed by atoms with Gasteiger partial charge in [0.05, 0.1) is 18.2 Å². The minimum atomic E-state index is -4.58. The van der Waals surface area contributed by atoms with E-state index in [0.717, 1.165) is 12.8 Å². The van der Waals surface area contributed by atoms with Crippen molar-refractivity contribution >= 4 is 11.7 Å². The van der Waals surface area contributed by atoms with Crippen molar-refractivity contribution in [3.8, 4) is 0 Å². The molecule has 146 valence electrons. The Hall–Kier alpha value is -2.58. The molecule has 1 unspecified atom stereocenters. The predicted octanol–water partition coefficient (Wildman–Crippen LogP) is 3.51. The van der Waals surface area contributed by atoms with E-state index in [1.165, 1.54) is 10.7 Å². The van der Waals surface area contributed by atoms with Crippen LogP contribution in [0.1, 0.15) is 53.0 Å². The number of aromatic nitrogens is 2. The third-order valence-electron chi connectivity index (χ3n) is 5.09. The van der Waals surface area contributed by atoms with Crippen LogP contribution in [0.25, 0.3) is 0 Å². The Morgan fingerprint density at radius 2 is 2.00 bits per heavy atom. The first-order valence-corrected chi connectivity index (χ1v) is 8.42. The molecule has 1 aliphatic carbocycles. The summed E-state index contributed by atoms with van der Waals surface area (Å²) in [6, 6.07) is 4.01. The number of nitrogen functional groups attached to an aromatic ring is 1. The van der Waals surface area contributed by atoms with E-state index in [1.54, 1.807) is 19.1 Å². The van der Waals surface area contributed by atoms with E-state index in [0.29, 0.717) is 11.1 Å². The van der Waals surface area contributed by atoms with Gasteiger partial charge in [-0.1, -0.05) is 19.1 Å². The number of alkyl halides is 3. The van der Waals surface area contributed by atoms with Gasteiger partial charge in [0.2, 0.25) is 0 Å². The Labute approximate surface area is 153 Å². The van der Waals surface area contributed by atoms with Gasteiger partial charge in [-0.2, -0.15) is 18.3 Å². The van der Waals surface area contributed by atoms with Crippen LogP contribution in [0, 0.1) is 18.2 Å². The summed E-state index contributed by atoms with van der Waals surface area (Å²) in [6.45, 7) is 3.53. The molecule has 1 atom stereocenters. The maximum absolute atomic E-state index is 14.1. The van der Waals surface area contributed by atoms with Gasteiger partial charge in [0, 0.05) is 0 Å². The first-order valence-electron chi connectivity index (χ1n) is 8.42. The van der Waals surface area contributed by atoms with Crippen molar-refractivity contribution in [1.29, 1.82) is 0 Å². The minimum Gasteiger partial charge on any atom is -0.383 e. The largest absolute Gasteiger partial charge is 0.394 e. The van der Waals surface area contributed by atoms with Crippen molar-refractivity contribution < 1.29 is 22.4 Å². The fourth-order valence-corrected chi connectivity index (χ4v) is 3.36. The van der Waals surface area contributed by atoms with Gasteiger partial charge in [-0.3, -0.25) is 4.79 Å². The van der Waals surface area contributed by atoms with Gasteiger partial charge in [0.1, 0.15) is 17.2 Å². The summed E-state index contributed by atoms with van der Waals surface area (Å²) in [4.78, 5) is 11.7. The fraction of sp³-hybridized carbons (Fsp3) is 0.444. The number of carbonyl (C=O) groups is 1. The molecule has 0 aliphatic heterocycles. The van der Waals surface area contributed by atoms with Crippen LogP contribution >= 0.6 is 0 Å². The molecule has 0 bridgehead atoms. The van der Waals surface area contributed by atoms with Gasteiger partial charge in [-0.05, 0) is 42.4 Å². The summed E-state index contributed by atoms with van der Waals surface area (Å²) in [5, 5.41) is 4.00. The molecule has 0 spiro atoms. The van der Waals surface area contributed by atoms with Crippen LogP contribution < -0.4 is 11.5 Å². The van der Waals surface area contributed by atoms with Gasteiger partial charge in [0.15, 0.2) is 0 Å². The van der Waals surface area contributed by atoms with Crippen molar-refractivity contribution in [2.75, 3.05) is 5.73 Å². The lowest BCUT2D eigenvalue weighted by Gasteiger charge is -2.26. The molecular formula is C18H20F4N4O. The molecule has 1 saturated carbocycles. The molecule has 5 nitrogen and oxygen atoms in total. The predicted molar refractivity (Wildman–Crippen MR) is 91.5 cm³/mol. The monoisotopic (exact) mass is 384 g/mol. The quantitative estimate of drug-likeness (QED) is 0.774. The lowest BCUT2D eigenvalue weighted by Crippen LogP contribution is -2.23. The molecule has 1 heterocycles. The van der Waals surface area contributed by atoms with Crippen LogP contribution in [-0.2, 0) is 6.42 Å². The molecule has 1 aliphatic rings. The number of nitrogens with two attached hydrogens (primary N) is 2. The summed E-state index contributed by atoms with van der Waals surface area (Å²) in [7, 11) is 0. The second-order valence-electron chi connectivity index (χ2n) is 7.37. The first-order chi connectivity index (χ1) is 12.4. The molecular weight excluding hydrogens is 364 g/mol. The highest BCUT2D eigenvalue weighted by Crippen LogP contribution is 2.56. The van der Waals surface area contributed by atoms with E-state index in [9.17, 15) is 22.4 Å². The topological polar surface area (TPSA) is 86.9 Å². The summed E-state index contributed by atoms with van der Waals surface area (Å²) in [5.41, 5.74) is 10.9. The standard InChI is InChI=1S/C18H20F4N4O/c1-9-3-4-10(7-11(9)19)14(17(2)5-6-17)26-15(23)13(16(24)27)12(25-26)8-18(20,21)22/h3-4,7,14H,5-6,8,23H2,1-2H3,(H2,24,27). The fourth-order valence-electron chi connectivity index (χ4n) is 3.36. The number of hydrogen-bond acceptors (Lipinski definition) is 3. The van der Waals surface area contributed by atoms with E-state index in [-0.39, 0.29) is 11.2 Å². The molecule has 1 amide bonds. The van der Waals surface area contributed by atoms with Crippen molar-refractivity contribution in [3.05, 3.63) is 46.4 Å². The van der Waals surface area contributed by atoms with Gasteiger partial charge >= 0.3 is 6.18 Å². The Kier molecular flexibility index (Phi) is 4.44. The summed E-state index contributed by atoms with van der Waals surface area (Å²) in [6.07, 6.45) is -4.46. The zero-order valence-electron chi connectivity index (χ0n) is 14.9. The average Bonchev–Trinajstić information content (AvgIpc) is 3.18. The number of rotatable bonds is 5. The highest BCUT2D eigenvalue weighted by atomic mass is 19.4. The zero-order valence-corrected chi connectivity index (χ0v) is 14.9. The number of anilines is 1. The van der Waals surface area contributed by atoms with Gasteiger partial charge in [0.25, 0.3) is 5.91 Å². The average molecular weight is 384 g/mol. The molecule has 3 rings (SSSR count). The number of aryl methyl sites for hydroxylation is 1. The highest BCUT2D eigenvalue weighted by molar-refractivity contribution is 5.98. The van der Waals surface area contributed by atoms with Crippen LogP contribution in [0.2, 0.25) is 0 Å². The van der Waals surface area contributed by atoms with Crippen molar-refractivity contribution in [2.24, 2.45) is 11.1 Å². The van der Waals surface area contributed by atoms with E-state index < -0.39 is 41.6 Å². The molecule has 0 radical (unpaired) electrons. The Morgan fingerprint density at radius 3 is 2.48 bits per heavy atom. The number of halogens is 4. The van der Waals surface area contributed by atoms with Gasteiger partial charge in [-0.25, -0.2) is 9.07 Å². The third-order valence-corrected chi connectivity index (χ3v) is 5.09. The molecule has 1 fully saturated rings. The van der Waals surface area contributed by atoms with E-state index in [4.69, 9.17) is 11.5 Å². The van der Waals surface area contributed by atoms with Crippen LogP contribution in [-0.4, -0.2) is 21.9 Å². The minimum absolute atomic E-state index is 0.235. The lowest BCUT2D eigenvalue weighted by atomic mass is 9.91. The lowest BCUT2D eigenvalue weighted by molar-refractivity contribution is -0.127. The second-order valence-corrected chi connectivity index (χ2v) is 7.37. The number of benzene rings is 1. The molecule has 0 saturated heterocycles. The summed E-state index contributed by atoms with van der Waals surface area (Å²) in [5.74, 6) is -1.74. The maximum atomic E-state index is 14.1. The zero-order chi connectivity index (χ0) is 20.1. The first kappa shape index (κ1) is 19.2.